The summed E-state index contributed by atoms with van der Waals surface area (Å²) in [7, 11) is 1.27. The summed E-state index contributed by atoms with van der Waals surface area (Å²) in [6.45, 7) is 0.502. The number of hydrogen-bond donors (Lipinski definition) is 0. The van der Waals surface area contributed by atoms with Crippen molar-refractivity contribution in [3.05, 3.63) is 119 Å². The zero-order valence-corrected chi connectivity index (χ0v) is 25.1. The molecule has 4 fully saturated rings. The number of aryl methyl sites for hydroxylation is 1. The molecule has 0 spiro atoms. The molecule has 7 rings (SSSR count). The van der Waals surface area contributed by atoms with Gasteiger partial charge in [0.1, 0.15) is 12.4 Å². The maximum Gasteiger partial charge on any atom is 0.416 e. The number of ether oxygens (including phenoxy) is 2. The fourth-order valence-electron chi connectivity index (χ4n) is 8.23. The van der Waals surface area contributed by atoms with E-state index in [9.17, 15) is 18.0 Å². The second-order valence-electron chi connectivity index (χ2n) is 12.9. The van der Waals surface area contributed by atoms with Gasteiger partial charge in [-0.1, -0.05) is 60.7 Å². The van der Waals surface area contributed by atoms with Crippen LogP contribution in [0.15, 0.2) is 91.0 Å². The lowest BCUT2D eigenvalue weighted by Gasteiger charge is -2.57. The molecule has 0 radical (unpaired) electrons. The van der Waals surface area contributed by atoms with E-state index in [4.69, 9.17) is 9.47 Å². The first-order chi connectivity index (χ1) is 21.2. The van der Waals surface area contributed by atoms with Gasteiger partial charge in [0.25, 0.3) is 0 Å². The van der Waals surface area contributed by atoms with Crippen LogP contribution in [0.3, 0.4) is 0 Å². The highest BCUT2D eigenvalue weighted by molar-refractivity contribution is 5.87. The Balaban J connectivity index is 1.26. The first kappa shape index (κ1) is 30.2. The molecule has 0 amide bonds. The third kappa shape index (κ3) is 6.80. The molecule has 4 saturated carbocycles. The van der Waals surface area contributed by atoms with E-state index in [1.54, 1.807) is 6.07 Å². The summed E-state index contributed by atoms with van der Waals surface area (Å²) in [5.41, 5.74) is 3.97. The first-order valence-corrected chi connectivity index (χ1v) is 15.6. The van der Waals surface area contributed by atoms with Gasteiger partial charge in [-0.25, -0.2) is 4.79 Å². The molecule has 4 aliphatic rings. The van der Waals surface area contributed by atoms with Crippen LogP contribution in [0.2, 0.25) is 0 Å². The van der Waals surface area contributed by atoms with E-state index < -0.39 is 17.7 Å². The van der Waals surface area contributed by atoms with Crippen LogP contribution in [0.1, 0.15) is 72.8 Å². The highest BCUT2D eigenvalue weighted by Gasteiger charge is 2.52. The quantitative estimate of drug-likeness (QED) is 0.132. The highest BCUT2D eigenvalue weighted by atomic mass is 19.4. The second kappa shape index (κ2) is 12.7. The molecule has 0 unspecified atom stereocenters. The van der Waals surface area contributed by atoms with Crippen molar-refractivity contribution in [3.8, 4) is 5.75 Å². The lowest BCUT2D eigenvalue weighted by Crippen LogP contribution is -2.48. The van der Waals surface area contributed by atoms with Crippen molar-refractivity contribution in [1.29, 1.82) is 0 Å². The number of allylic oxidation sites excluding steroid dienone is 3. The fraction of sp³-hybridized carbons (Fsp3) is 0.395. The summed E-state index contributed by atoms with van der Waals surface area (Å²) >= 11 is 0. The van der Waals surface area contributed by atoms with Gasteiger partial charge in [-0.05, 0) is 121 Å². The maximum absolute atomic E-state index is 13.4. The van der Waals surface area contributed by atoms with Crippen LogP contribution in [0.5, 0.6) is 5.75 Å². The van der Waals surface area contributed by atoms with Crippen molar-refractivity contribution in [2.24, 2.45) is 17.8 Å². The Hall–Kier alpha value is -3.80. The highest BCUT2D eigenvalue weighted by Crippen LogP contribution is 2.62. The van der Waals surface area contributed by atoms with Crippen molar-refractivity contribution < 1.29 is 27.4 Å². The monoisotopic (exact) mass is 600 g/mol. The molecular weight excluding hydrogens is 561 g/mol. The van der Waals surface area contributed by atoms with Gasteiger partial charge in [0.05, 0.1) is 12.7 Å². The van der Waals surface area contributed by atoms with Crippen LogP contribution in [0, 0.1) is 17.8 Å². The van der Waals surface area contributed by atoms with Crippen molar-refractivity contribution >= 4 is 11.5 Å². The third-order valence-corrected chi connectivity index (χ3v) is 9.81. The minimum Gasteiger partial charge on any atom is -0.489 e. The Morgan fingerprint density at radius 2 is 1.57 bits per heavy atom. The lowest BCUT2D eigenvalue weighted by atomic mass is 9.48. The topological polar surface area (TPSA) is 35.5 Å². The Bertz CT molecular complexity index is 1500. The summed E-state index contributed by atoms with van der Waals surface area (Å²) < 4.78 is 51.6. The number of methoxy groups -OCH3 is 1. The summed E-state index contributed by atoms with van der Waals surface area (Å²) in [5, 5.41) is 0. The third-order valence-electron chi connectivity index (χ3n) is 9.81. The summed E-state index contributed by atoms with van der Waals surface area (Å²) in [6, 6.07) is 22.1. The molecule has 0 atom stereocenters. The number of halogens is 3. The van der Waals surface area contributed by atoms with Gasteiger partial charge < -0.3 is 9.47 Å². The molecule has 0 N–H and O–H groups in total. The van der Waals surface area contributed by atoms with E-state index in [1.807, 2.05) is 24.3 Å². The number of rotatable bonds is 10. The Kier molecular flexibility index (Phi) is 8.70. The summed E-state index contributed by atoms with van der Waals surface area (Å²) in [6.07, 6.45) is 9.31. The molecule has 0 heterocycles. The number of carbonyl (C=O) groups is 1. The van der Waals surface area contributed by atoms with Gasteiger partial charge >= 0.3 is 12.1 Å². The molecule has 0 saturated heterocycles. The SMILES string of the molecule is COC(=O)C=CC(=CCCc1ccc(C23CC4CC(CC(C4)C2)C3)c(OCc2ccccc2)c1)c1cccc(C(F)(F)F)c1. The number of esters is 1. The predicted octanol–water partition coefficient (Wildman–Crippen LogP) is 9.50. The van der Waals surface area contributed by atoms with Crippen molar-refractivity contribution in [2.75, 3.05) is 7.11 Å². The molecule has 6 heteroatoms. The fourth-order valence-corrected chi connectivity index (χ4v) is 8.23. The zero-order chi connectivity index (χ0) is 30.7. The molecule has 0 aliphatic heterocycles. The Morgan fingerprint density at radius 3 is 2.23 bits per heavy atom. The minimum absolute atomic E-state index is 0.189. The molecule has 230 valence electrons. The van der Waals surface area contributed by atoms with Gasteiger partial charge in [-0.3, -0.25) is 0 Å². The second-order valence-corrected chi connectivity index (χ2v) is 12.9. The van der Waals surface area contributed by atoms with Crippen LogP contribution in [0.25, 0.3) is 5.57 Å². The summed E-state index contributed by atoms with van der Waals surface area (Å²) in [4.78, 5) is 11.8. The number of hydrogen-bond acceptors (Lipinski definition) is 3. The van der Waals surface area contributed by atoms with Crippen LogP contribution in [-0.4, -0.2) is 13.1 Å². The van der Waals surface area contributed by atoms with Gasteiger partial charge in [-0.2, -0.15) is 13.2 Å². The van der Waals surface area contributed by atoms with Crippen LogP contribution < -0.4 is 4.74 Å². The largest absolute Gasteiger partial charge is 0.489 e. The molecule has 4 bridgehead atoms. The van der Waals surface area contributed by atoms with E-state index in [2.05, 4.69) is 30.3 Å². The van der Waals surface area contributed by atoms with Gasteiger partial charge in [0, 0.05) is 11.6 Å². The molecule has 0 aromatic heterocycles. The molecule has 3 aromatic rings. The van der Waals surface area contributed by atoms with E-state index in [-0.39, 0.29) is 5.41 Å². The Morgan fingerprint density at radius 1 is 0.864 bits per heavy atom. The normalized spacial score (nSPS) is 24.5. The van der Waals surface area contributed by atoms with Gasteiger partial charge in [-0.15, -0.1) is 0 Å². The van der Waals surface area contributed by atoms with Crippen LogP contribution >= 0.6 is 0 Å². The van der Waals surface area contributed by atoms with E-state index in [0.717, 1.165) is 46.8 Å². The standard InChI is InChI=1S/C38H39F3O3/c1-43-36(42)16-14-31(32-11-6-12-33(21-32)38(39,40)41)10-5-9-26-13-15-34(35(20-26)44-25-27-7-3-2-4-8-27)37-22-28-17-29(23-37)19-30(18-28)24-37/h2-4,6-8,10-16,20-21,28-30H,5,9,17-19,22-25H2,1H3. The van der Waals surface area contributed by atoms with E-state index in [0.29, 0.717) is 30.6 Å². The van der Waals surface area contributed by atoms with E-state index >= 15 is 0 Å². The molecule has 44 heavy (non-hydrogen) atoms. The van der Waals surface area contributed by atoms with Crippen LogP contribution in [0.4, 0.5) is 13.2 Å². The van der Waals surface area contributed by atoms with Gasteiger partial charge in [0.15, 0.2) is 0 Å². The smallest absolute Gasteiger partial charge is 0.416 e. The Labute approximate surface area is 257 Å². The average molecular weight is 601 g/mol. The molecule has 3 nitrogen and oxygen atoms in total. The van der Waals surface area contributed by atoms with Crippen molar-refractivity contribution in [2.45, 2.75) is 69.6 Å². The van der Waals surface area contributed by atoms with Crippen LogP contribution in [-0.2, 0) is 34.2 Å². The minimum atomic E-state index is -4.46. The lowest BCUT2D eigenvalue weighted by molar-refractivity contribution is -0.137. The molecular formula is C38H39F3O3. The van der Waals surface area contributed by atoms with E-state index in [1.165, 1.54) is 69.4 Å². The predicted molar refractivity (Wildman–Crippen MR) is 166 cm³/mol. The number of alkyl halides is 3. The van der Waals surface area contributed by atoms with Crippen molar-refractivity contribution in [1.82, 2.24) is 0 Å². The number of benzene rings is 3. The average Bonchev–Trinajstić information content (AvgIpc) is 3.01. The maximum atomic E-state index is 13.4. The van der Waals surface area contributed by atoms with Crippen molar-refractivity contribution in [3.63, 3.8) is 0 Å². The first-order valence-electron chi connectivity index (χ1n) is 15.6. The van der Waals surface area contributed by atoms with Gasteiger partial charge in [0.2, 0.25) is 0 Å². The number of carbonyl (C=O) groups excluding carboxylic acids is 1. The zero-order valence-electron chi connectivity index (χ0n) is 25.1. The molecule has 4 aliphatic carbocycles. The molecule has 3 aromatic carbocycles. The summed E-state index contributed by atoms with van der Waals surface area (Å²) in [5.74, 6) is 2.85.